The predicted octanol–water partition coefficient (Wildman–Crippen LogP) is 2.32. The first-order chi connectivity index (χ1) is 10.0. The molecule has 2 rings (SSSR count). The standard InChI is InChI=1S/C16H22N2O3/c1-4-5-10-17(2)15(19)9-7-12-6-8-14-13(11-12)18(3)16(20)21-14/h6,8,11H,4-5,7,9-10H2,1-3H3. The Morgan fingerprint density at radius 1 is 1.38 bits per heavy atom. The summed E-state index contributed by atoms with van der Waals surface area (Å²) >= 11 is 0. The Morgan fingerprint density at radius 3 is 2.86 bits per heavy atom. The maximum atomic E-state index is 12.0. The molecule has 1 heterocycles. The molecule has 0 aliphatic rings. The van der Waals surface area contributed by atoms with E-state index in [9.17, 15) is 9.59 Å². The lowest BCUT2D eigenvalue weighted by molar-refractivity contribution is -0.129. The number of benzene rings is 1. The minimum absolute atomic E-state index is 0.157. The van der Waals surface area contributed by atoms with Gasteiger partial charge in [-0.3, -0.25) is 9.36 Å². The Kier molecular flexibility index (Phi) is 4.83. The Balaban J connectivity index is 2.02. The SMILES string of the molecule is CCCCN(C)C(=O)CCc1ccc2oc(=O)n(C)c2c1. The molecular formula is C16H22N2O3. The number of aromatic nitrogens is 1. The van der Waals surface area contributed by atoms with Crippen LogP contribution in [0, 0.1) is 0 Å². The third-order valence-electron chi connectivity index (χ3n) is 3.76. The highest BCUT2D eigenvalue weighted by molar-refractivity contribution is 5.77. The molecule has 5 heteroatoms. The number of amides is 1. The van der Waals surface area contributed by atoms with Gasteiger partial charge in [-0.15, -0.1) is 0 Å². The minimum atomic E-state index is -0.363. The number of oxazole rings is 1. The van der Waals surface area contributed by atoms with Gasteiger partial charge >= 0.3 is 5.76 Å². The van der Waals surface area contributed by atoms with E-state index in [0.29, 0.717) is 18.4 Å². The number of hydrogen-bond acceptors (Lipinski definition) is 3. The quantitative estimate of drug-likeness (QED) is 0.820. The second kappa shape index (κ2) is 6.61. The zero-order chi connectivity index (χ0) is 15.4. The van der Waals surface area contributed by atoms with Gasteiger partial charge in [0.05, 0.1) is 5.52 Å². The van der Waals surface area contributed by atoms with Crippen LogP contribution >= 0.6 is 0 Å². The maximum absolute atomic E-state index is 12.0. The molecule has 0 aliphatic carbocycles. The van der Waals surface area contributed by atoms with E-state index in [0.717, 1.165) is 30.5 Å². The fraction of sp³-hybridized carbons (Fsp3) is 0.500. The van der Waals surface area contributed by atoms with E-state index >= 15 is 0 Å². The highest BCUT2D eigenvalue weighted by atomic mass is 16.4. The van der Waals surface area contributed by atoms with Gasteiger partial charge in [-0.2, -0.15) is 0 Å². The summed E-state index contributed by atoms with van der Waals surface area (Å²) in [4.78, 5) is 25.2. The number of unbranched alkanes of at least 4 members (excludes halogenated alkanes) is 1. The highest BCUT2D eigenvalue weighted by Gasteiger charge is 2.10. The molecule has 5 nitrogen and oxygen atoms in total. The molecule has 1 amide bonds. The molecule has 2 aromatic rings. The molecule has 0 aliphatic heterocycles. The molecule has 0 spiro atoms. The van der Waals surface area contributed by atoms with Crippen LogP contribution in [-0.4, -0.2) is 29.0 Å². The molecular weight excluding hydrogens is 268 g/mol. The van der Waals surface area contributed by atoms with Crippen LogP contribution in [0.5, 0.6) is 0 Å². The molecule has 0 radical (unpaired) electrons. The van der Waals surface area contributed by atoms with Crippen LogP contribution in [0.25, 0.3) is 11.1 Å². The topological polar surface area (TPSA) is 55.5 Å². The smallest absolute Gasteiger partial charge is 0.408 e. The third kappa shape index (κ3) is 3.54. The predicted molar refractivity (Wildman–Crippen MR) is 82.3 cm³/mol. The van der Waals surface area contributed by atoms with Gasteiger partial charge in [0.2, 0.25) is 5.91 Å². The van der Waals surface area contributed by atoms with E-state index < -0.39 is 0 Å². The van der Waals surface area contributed by atoms with Gasteiger partial charge in [0.15, 0.2) is 5.58 Å². The fourth-order valence-corrected chi connectivity index (χ4v) is 2.29. The first-order valence-electron chi connectivity index (χ1n) is 7.35. The Hall–Kier alpha value is -2.04. The Labute approximate surface area is 124 Å². The molecule has 21 heavy (non-hydrogen) atoms. The minimum Gasteiger partial charge on any atom is -0.408 e. The van der Waals surface area contributed by atoms with E-state index in [1.165, 1.54) is 4.57 Å². The summed E-state index contributed by atoms with van der Waals surface area (Å²) in [6.45, 7) is 2.92. The Bertz CT molecular complexity index is 684. The normalized spacial score (nSPS) is 11.0. The average Bonchev–Trinajstić information content (AvgIpc) is 2.77. The zero-order valence-corrected chi connectivity index (χ0v) is 12.9. The summed E-state index contributed by atoms with van der Waals surface area (Å²) in [6.07, 6.45) is 3.27. The molecule has 0 atom stereocenters. The first kappa shape index (κ1) is 15.4. The lowest BCUT2D eigenvalue weighted by atomic mass is 10.1. The second-order valence-corrected chi connectivity index (χ2v) is 5.40. The van der Waals surface area contributed by atoms with Crippen molar-refractivity contribution in [3.05, 3.63) is 34.3 Å². The van der Waals surface area contributed by atoms with E-state index in [-0.39, 0.29) is 11.7 Å². The summed E-state index contributed by atoms with van der Waals surface area (Å²) < 4.78 is 6.57. The van der Waals surface area contributed by atoms with Gasteiger partial charge in [0.25, 0.3) is 0 Å². The van der Waals surface area contributed by atoms with Gasteiger partial charge < -0.3 is 9.32 Å². The van der Waals surface area contributed by atoms with Gasteiger partial charge in [-0.25, -0.2) is 4.79 Å². The van der Waals surface area contributed by atoms with Crippen molar-refractivity contribution in [1.82, 2.24) is 9.47 Å². The van der Waals surface area contributed by atoms with Crippen molar-refractivity contribution in [2.45, 2.75) is 32.6 Å². The maximum Gasteiger partial charge on any atom is 0.419 e. The molecule has 1 aromatic carbocycles. The number of rotatable bonds is 6. The zero-order valence-electron chi connectivity index (χ0n) is 12.9. The van der Waals surface area contributed by atoms with E-state index in [2.05, 4.69) is 6.92 Å². The summed E-state index contributed by atoms with van der Waals surface area (Å²) in [5.74, 6) is -0.206. The van der Waals surface area contributed by atoms with Crippen LogP contribution in [-0.2, 0) is 18.3 Å². The largest absolute Gasteiger partial charge is 0.419 e. The van der Waals surface area contributed by atoms with Crippen molar-refractivity contribution in [2.75, 3.05) is 13.6 Å². The summed E-state index contributed by atoms with van der Waals surface area (Å²) in [6, 6.07) is 5.61. The van der Waals surface area contributed by atoms with Crippen molar-refractivity contribution in [3.63, 3.8) is 0 Å². The molecule has 0 bridgehead atoms. The fourth-order valence-electron chi connectivity index (χ4n) is 2.29. The van der Waals surface area contributed by atoms with Gasteiger partial charge in [-0.1, -0.05) is 19.4 Å². The van der Waals surface area contributed by atoms with Crippen LogP contribution in [0.3, 0.4) is 0 Å². The number of carbonyl (C=O) groups is 1. The van der Waals surface area contributed by atoms with E-state index in [1.807, 2.05) is 19.2 Å². The molecule has 1 aromatic heterocycles. The highest BCUT2D eigenvalue weighted by Crippen LogP contribution is 2.15. The van der Waals surface area contributed by atoms with E-state index in [4.69, 9.17) is 4.42 Å². The van der Waals surface area contributed by atoms with E-state index in [1.54, 1.807) is 18.0 Å². The molecule has 114 valence electrons. The number of fused-ring (bicyclic) bond motifs is 1. The summed E-state index contributed by atoms with van der Waals surface area (Å²) in [5, 5.41) is 0. The average molecular weight is 290 g/mol. The van der Waals surface area contributed by atoms with Crippen molar-refractivity contribution in [1.29, 1.82) is 0 Å². The molecule has 0 fully saturated rings. The van der Waals surface area contributed by atoms with Crippen molar-refractivity contribution in [2.24, 2.45) is 7.05 Å². The first-order valence-corrected chi connectivity index (χ1v) is 7.35. The van der Waals surface area contributed by atoms with Gasteiger partial charge in [0.1, 0.15) is 0 Å². The lowest BCUT2D eigenvalue weighted by Crippen LogP contribution is -2.27. The monoisotopic (exact) mass is 290 g/mol. The molecule has 0 saturated heterocycles. The lowest BCUT2D eigenvalue weighted by Gasteiger charge is -2.16. The number of carbonyl (C=O) groups excluding carboxylic acids is 1. The molecule has 0 saturated carbocycles. The van der Waals surface area contributed by atoms with Crippen LogP contribution < -0.4 is 5.76 Å². The van der Waals surface area contributed by atoms with Crippen LogP contribution in [0.15, 0.2) is 27.4 Å². The van der Waals surface area contributed by atoms with Gasteiger partial charge in [-0.05, 0) is 30.5 Å². The summed E-state index contributed by atoms with van der Waals surface area (Å²) in [7, 11) is 3.53. The number of hydrogen-bond donors (Lipinski definition) is 0. The van der Waals surface area contributed by atoms with Crippen molar-refractivity contribution >= 4 is 17.0 Å². The third-order valence-corrected chi connectivity index (χ3v) is 3.76. The summed E-state index contributed by atoms with van der Waals surface area (Å²) in [5.41, 5.74) is 2.39. The Morgan fingerprint density at radius 2 is 2.14 bits per heavy atom. The van der Waals surface area contributed by atoms with Crippen molar-refractivity contribution < 1.29 is 9.21 Å². The van der Waals surface area contributed by atoms with Gasteiger partial charge in [0, 0.05) is 27.1 Å². The second-order valence-electron chi connectivity index (χ2n) is 5.40. The number of nitrogens with zero attached hydrogens (tertiary/aromatic N) is 2. The molecule has 0 unspecified atom stereocenters. The van der Waals surface area contributed by atoms with Crippen LogP contribution in [0.1, 0.15) is 31.7 Å². The van der Waals surface area contributed by atoms with Crippen LogP contribution in [0.4, 0.5) is 0 Å². The van der Waals surface area contributed by atoms with Crippen LogP contribution in [0.2, 0.25) is 0 Å². The number of aryl methyl sites for hydroxylation is 2. The molecule has 0 N–H and O–H groups in total. The van der Waals surface area contributed by atoms with Crippen molar-refractivity contribution in [3.8, 4) is 0 Å².